The van der Waals surface area contributed by atoms with Gasteiger partial charge >= 0.3 is 0 Å². The molecule has 0 aromatic carbocycles. The van der Waals surface area contributed by atoms with Crippen LogP contribution in [-0.4, -0.2) is 23.1 Å². The Morgan fingerprint density at radius 3 is 2.88 bits per heavy atom. The molecule has 0 bridgehead atoms. The summed E-state index contributed by atoms with van der Waals surface area (Å²) in [6, 6.07) is 0. The summed E-state index contributed by atoms with van der Waals surface area (Å²) in [6.45, 7) is 6.89. The van der Waals surface area contributed by atoms with E-state index >= 15 is 0 Å². The molecule has 0 aliphatic carbocycles. The highest BCUT2D eigenvalue weighted by Crippen LogP contribution is 2.29. The molecule has 1 fully saturated rings. The van der Waals surface area contributed by atoms with Gasteiger partial charge in [0.1, 0.15) is 12.1 Å². The molecule has 17 heavy (non-hydrogen) atoms. The molecule has 1 aromatic rings. The Balaban J connectivity index is 2.07. The van der Waals surface area contributed by atoms with Crippen LogP contribution in [0.5, 0.6) is 0 Å². The second-order valence-electron chi connectivity index (χ2n) is 5.12. The number of anilines is 1. The van der Waals surface area contributed by atoms with Gasteiger partial charge in [0.05, 0.1) is 4.47 Å². The maximum Gasteiger partial charge on any atom is 0.146 e. The summed E-state index contributed by atoms with van der Waals surface area (Å²) in [7, 11) is 0. The van der Waals surface area contributed by atoms with Crippen molar-refractivity contribution in [1.29, 1.82) is 0 Å². The smallest absolute Gasteiger partial charge is 0.146 e. The van der Waals surface area contributed by atoms with Crippen molar-refractivity contribution in [3.8, 4) is 0 Å². The molecule has 1 saturated heterocycles. The molecule has 0 N–H and O–H groups in total. The maximum absolute atomic E-state index is 4.38. The third-order valence-electron chi connectivity index (χ3n) is 3.66. The van der Waals surface area contributed by atoms with Crippen LogP contribution in [0.15, 0.2) is 17.0 Å². The van der Waals surface area contributed by atoms with Crippen molar-refractivity contribution in [3.05, 3.63) is 17.0 Å². The summed E-state index contributed by atoms with van der Waals surface area (Å²) >= 11 is 3.53. The highest BCUT2D eigenvalue weighted by Gasteiger charge is 2.21. The first kappa shape index (κ1) is 12.8. The highest BCUT2D eigenvalue weighted by atomic mass is 79.9. The third-order valence-corrected chi connectivity index (χ3v) is 4.22. The van der Waals surface area contributed by atoms with Crippen molar-refractivity contribution < 1.29 is 0 Å². The number of nitrogens with zero attached hydrogens (tertiary/aromatic N) is 3. The first-order valence-corrected chi connectivity index (χ1v) is 7.18. The van der Waals surface area contributed by atoms with Crippen LogP contribution in [0.4, 0.5) is 5.82 Å². The van der Waals surface area contributed by atoms with E-state index in [2.05, 4.69) is 44.6 Å². The van der Waals surface area contributed by atoms with Gasteiger partial charge in [-0.05, 0) is 47.0 Å². The van der Waals surface area contributed by atoms with Crippen LogP contribution >= 0.6 is 15.9 Å². The van der Waals surface area contributed by atoms with Crippen molar-refractivity contribution in [2.75, 3.05) is 18.0 Å². The van der Waals surface area contributed by atoms with Crippen LogP contribution in [0.25, 0.3) is 0 Å². The van der Waals surface area contributed by atoms with E-state index in [1.807, 2.05) is 6.20 Å². The summed E-state index contributed by atoms with van der Waals surface area (Å²) in [6.07, 6.45) is 7.34. The zero-order valence-electron chi connectivity index (χ0n) is 10.6. The van der Waals surface area contributed by atoms with Gasteiger partial charge in [0, 0.05) is 19.3 Å². The molecule has 2 heterocycles. The predicted octanol–water partition coefficient (Wildman–Crippen LogP) is 3.50. The lowest BCUT2D eigenvalue weighted by Gasteiger charge is -2.23. The lowest BCUT2D eigenvalue weighted by Crippen LogP contribution is -2.26. The van der Waals surface area contributed by atoms with Gasteiger partial charge in [-0.1, -0.05) is 13.8 Å². The molecule has 4 heteroatoms. The second-order valence-corrected chi connectivity index (χ2v) is 5.97. The van der Waals surface area contributed by atoms with Gasteiger partial charge in [-0.3, -0.25) is 0 Å². The van der Waals surface area contributed by atoms with E-state index in [1.165, 1.54) is 19.3 Å². The van der Waals surface area contributed by atoms with Gasteiger partial charge in [-0.25, -0.2) is 9.97 Å². The van der Waals surface area contributed by atoms with Gasteiger partial charge in [0.15, 0.2) is 0 Å². The van der Waals surface area contributed by atoms with Crippen molar-refractivity contribution >= 4 is 21.7 Å². The fraction of sp³-hybridized carbons (Fsp3) is 0.692. The molecule has 0 amide bonds. The first-order chi connectivity index (χ1) is 8.18. The Hall–Kier alpha value is -0.640. The fourth-order valence-electron chi connectivity index (χ4n) is 2.54. The van der Waals surface area contributed by atoms with Crippen LogP contribution in [0, 0.1) is 11.8 Å². The zero-order valence-corrected chi connectivity index (χ0v) is 12.2. The summed E-state index contributed by atoms with van der Waals surface area (Å²) in [5.74, 6) is 2.70. The van der Waals surface area contributed by atoms with Crippen LogP contribution in [0.1, 0.15) is 33.1 Å². The third kappa shape index (κ3) is 3.18. The van der Waals surface area contributed by atoms with E-state index in [0.29, 0.717) is 0 Å². The van der Waals surface area contributed by atoms with Gasteiger partial charge in [0.2, 0.25) is 0 Å². The molecule has 0 radical (unpaired) electrons. The largest absolute Gasteiger partial charge is 0.356 e. The molecule has 1 unspecified atom stereocenters. The van der Waals surface area contributed by atoms with Gasteiger partial charge < -0.3 is 4.90 Å². The number of aromatic nitrogens is 2. The predicted molar refractivity (Wildman–Crippen MR) is 74.1 cm³/mol. The lowest BCUT2D eigenvalue weighted by molar-refractivity contribution is 0.351. The minimum atomic E-state index is 0.795. The van der Waals surface area contributed by atoms with Crippen molar-refractivity contribution in [2.45, 2.75) is 33.1 Å². The van der Waals surface area contributed by atoms with E-state index in [0.717, 1.165) is 35.2 Å². The molecule has 1 aromatic heterocycles. The minimum absolute atomic E-state index is 0.795. The lowest BCUT2D eigenvalue weighted by atomic mass is 9.89. The Morgan fingerprint density at radius 2 is 2.18 bits per heavy atom. The highest BCUT2D eigenvalue weighted by molar-refractivity contribution is 9.10. The van der Waals surface area contributed by atoms with Crippen molar-refractivity contribution in [2.24, 2.45) is 11.8 Å². The monoisotopic (exact) mass is 297 g/mol. The van der Waals surface area contributed by atoms with Crippen LogP contribution in [-0.2, 0) is 0 Å². The zero-order chi connectivity index (χ0) is 12.3. The van der Waals surface area contributed by atoms with Crippen molar-refractivity contribution in [1.82, 2.24) is 9.97 Å². The number of halogens is 1. The Morgan fingerprint density at radius 1 is 1.35 bits per heavy atom. The van der Waals surface area contributed by atoms with E-state index in [1.54, 1.807) is 6.33 Å². The summed E-state index contributed by atoms with van der Waals surface area (Å²) in [4.78, 5) is 10.8. The van der Waals surface area contributed by atoms with Gasteiger partial charge in [-0.2, -0.15) is 0 Å². The molecule has 2 rings (SSSR count). The summed E-state index contributed by atoms with van der Waals surface area (Å²) in [5, 5.41) is 0. The van der Waals surface area contributed by atoms with E-state index in [4.69, 9.17) is 0 Å². The Bertz CT molecular complexity index is 367. The topological polar surface area (TPSA) is 29.0 Å². The quantitative estimate of drug-likeness (QED) is 0.836. The van der Waals surface area contributed by atoms with Crippen molar-refractivity contribution in [3.63, 3.8) is 0 Å². The number of rotatable bonds is 2. The minimum Gasteiger partial charge on any atom is -0.356 e. The normalized spacial score (nSPS) is 21.6. The second kappa shape index (κ2) is 5.80. The molecule has 94 valence electrons. The summed E-state index contributed by atoms with van der Waals surface area (Å²) in [5.41, 5.74) is 0. The Labute approximate surface area is 112 Å². The SMILES string of the molecule is CC(C)C1CCCN(c2ncncc2Br)CC1. The molecule has 1 atom stereocenters. The summed E-state index contributed by atoms with van der Waals surface area (Å²) < 4.78 is 1.00. The molecular weight excluding hydrogens is 278 g/mol. The first-order valence-electron chi connectivity index (χ1n) is 6.39. The standard InChI is InChI=1S/C13H20BrN3/c1-10(2)11-4-3-6-17(7-5-11)13-12(14)8-15-9-16-13/h8-11H,3-7H2,1-2H3. The number of hydrogen-bond acceptors (Lipinski definition) is 3. The van der Waals surface area contributed by atoms with E-state index in [-0.39, 0.29) is 0 Å². The average molecular weight is 298 g/mol. The fourth-order valence-corrected chi connectivity index (χ4v) is 3.01. The van der Waals surface area contributed by atoms with E-state index < -0.39 is 0 Å². The molecule has 3 nitrogen and oxygen atoms in total. The Kier molecular flexibility index (Phi) is 4.37. The van der Waals surface area contributed by atoms with Gasteiger partial charge in [0.25, 0.3) is 0 Å². The molecular formula is C13H20BrN3. The van der Waals surface area contributed by atoms with Crippen LogP contribution in [0.3, 0.4) is 0 Å². The van der Waals surface area contributed by atoms with Crippen LogP contribution in [0.2, 0.25) is 0 Å². The molecule has 0 spiro atoms. The average Bonchev–Trinajstić information content (AvgIpc) is 2.55. The number of hydrogen-bond donors (Lipinski definition) is 0. The molecule has 0 saturated carbocycles. The van der Waals surface area contributed by atoms with Crippen LogP contribution < -0.4 is 4.90 Å². The van der Waals surface area contributed by atoms with Gasteiger partial charge in [-0.15, -0.1) is 0 Å². The molecule has 1 aliphatic heterocycles. The molecule has 1 aliphatic rings. The van der Waals surface area contributed by atoms with E-state index in [9.17, 15) is 0 Å². The maximum atomic E-state index is 4.38.